The summed E-state index contributed by atoms with van der Waals surface area (Å²) < 4.78 is 5.96. The molecule has 2 fully saturated rings. The van der Waals surface area contributed by atoms with Gasteiger partial charge < -0.3 is 9.73 Å². The zero-order chi connectivity index (χ0) is 12.9. The smallest absolute Gasteiger partial charge is 0.233 e. The molecular weight excluding hydrogens is 238 g/mol. The van der Waals surface area contributed by atoms with E-state index in [0.717, 1.165) is 24.7 Å². The predicted molar refractivity (Wildman–Crippen MR) is 74.0 cm³/mol. The maximum atomic E-state index is 5.96. The van der Waals surface area contributed by atoms with Crippen molar-refractivity contribution in [3.05, 3.63) is 11.8 Å². The van der Waals surface area contributed by atoms with E-state index < -0.39 is 0 Å². The van der Waals surface area contributed by atoms with Crippen molar-refractivity contribution >= 4 is 0 Å². The SMILES string of the molecule is C1CCCCC(c2nnc(C3CCCN3)o2)CCC1. The topological polar surface area (TPSA) is 51.0 Å². The highest BCUT2D eigenvalue weighted by Crippen LogP contribution is 2.31. The summed E-state index contributed by atoms with van der Waals surface area (Å²) in [5.74, 6) is 2.21. The van der Waals surface area contributed by atoms with Crippen LogP contribution in [0.5, 0.6) is 0 Å². The molecule has 19 heavy (non-hydrogen) atoms. The van der Waals surface area contributed by atoms with Crippen LogP contribution in [0.4, 0.5) is 0 Å². The second-order valence-corrected chi connectivity index (χ2v) is 6.02. The van der Waals surface area contributed by atoms with E-state index in [1.165, 1.54) is 57.8 Å². The van der Waals surface area contributed by atoms with Crippen molar-refractivity contribution in [2.24, 2.45) is 0 Å². The minimum absolute atomic E-state index is 0.303. The maximum Gasteiger partial charge on any atom is 0.233 e. The highest BCUT2D eigenvalue weighted by Gasteiger charge is 2.25. The molecule has 2 aliphatic rings. The number of aromatic nitrogens is 2. The molecule has 1 unspecified atom stereocenters. The van der Waals surface area contributed by atoms with E-state index in [9.17, 15) is 0 Å². The second-order valence-electron chi connectivity index (χ2n) is 6.02. The van der Waals surface area contributed by atoms with E-state index in [4.69, 9.17) is 4.42 Å². The monoisotopic (exact) mass is 263 g/mol. The van der Waals surface area contributed by atoms with Gasteiger partial charge in [0.05, 0.1) is 6.04 Å². The summed E-state index contributed by atoms with van der Waals surface area (Å²) >= 11 is 0. The standard InChI is InChI=1S/C15H25N3O/c1-2-4-6-9-12(8-5-3-1)14-17-18-15(19-14)13-10-7-11-16-13/h12-13,16H,1-11H2. The van der Waals surface area contributed by atoms with E-state index in [-0.39, 0.29) is 0 Å². The first-order valence-corrected chi connectivity index (χ1v) is 8.00. The third-order valence-electron chi connectivity index (χ3n) is 4.52. The Morgan fingerprint density at radius 3 is 2.16 bits per heavy atom. The Hall–Kier alpha value is -0.900. The van der Waals surface area contributed by atoms with Gasteiger partial charge in [-0.1, -0.05) is 38.5 Å². The molecule has 2 heterocycles. The largest absolute Gasteiger partial charge is 0.423 e. The third kappa shape index (κ3) is 3.35. The van der Waals surface area contributed by atoms with Gasteiger partial charge in [0, 0.05) is 5.92 Å². The third-order valence-corrected chi connectivity index (χ3v) is 4.52. The summed E-state index contributed by atoms with van der Waals surface area (Å²) in [6.45, 7) is 1.08. The van der Waals surface area contributed by atoms with Gasteiger partial charge in [-0.3, -0.25) is 0 Å². The number of rotatable bonds is 2. The van der Waals surface area contributed by atoms with Crippen LogP contribution in [0, 0.1) is 0 Å². The number of hydrogen-bond acceptors (Lipinski definition) is 4. The molecule has 1 aromatic rings. The van der Waals surface area contributed by atoms with Gasteiger partial charge >= 0.3 is 0 Å². The number of hydrogen-bond donors (Lipinski definition) is 1. The lowest BCUT2D eigenvalue weighted by Crippen LogP contribution is -2.13. The summed E-state index contributed by atoms with van der Waals surface area (Å²) in [6.07, 6.45) is 12.9. The van der Waals surface area contributed by atoms with E-state index in [1.54, 1.807) is 0 Å². The van der Waals surface area contributed by atoms with Crippen LogP contribution in [0.3, 0.4) is 0 Å². The van der Waals surface area contributed by atoms with Crippen molar-refractivity contribution in [2.45, 2.75) is 76.2 Å². The van der Waals surface area contributed by atoms with Gasteiger partial charge in [0.1, 0.15) is 0 Å². The average Bonchev–Trinajstić information content (AvgIpc) is 3.11. The van der Waals surface area contributed by atoms with Gasteiger partial charge in [0.25, 0.3) is 0 Å². The summed E-state index contributed by atoms with van der Waals surface area (Å²) in [5, 5.41) is 12.0. The molecule has 1 aliphatic heterocycles. The molecule has 1 atom stereocenters. The minimum atomic E-state index is 0.303. The van der Waals surface area contributed by atoms with Crippen LogP contribution in [0.15, 0.2) is 4.42 Å². The molecule has 1 aromatic heterocycles. The lowest BCUT2D eigenvalue weighted by atomic mass is 9.97. The molecule has 1 saturated carbocycles. The van der Waals surface area contributed by atoms with Crippen LogP contribution in [0.1, 0.15) is 87.9 Å². The van der Waals surface area contributed by atoms with Crippen LogP contribution < -0.4 is 5.32 Å². The quantitative estimate of drug-likeness (QED) is 0.883. The normalized spacial score (nSPS) is 26.8. The van der Waals surface area contributed by atoms with Gasteiger partial charge in [0.2, 0.25) is 11.8 Å². The highest BCUT2D eigenvalue weighted by molar-refractivity contribution is 4.97. The van der Waals surface area contributed by atoms with Crippen molar-refractivity contribution in [2.75, 3.05) is 6.54 Å². The highest BCUT2D eigenvalue weighted by atomic mass is 16.4. The summed E-state index contributed by atoms with van der Waals surface area (Å²) in [6, 6.07) is 0.303. The maximum absolute atomic E-state index is 5.96. The predicted octanol–water partition coefficient (Wildman–Crippen LogP) is 3.71. The van der Waals surface area contributed by atoms with Gasteiger partial charge in [-0.05, 0) is 32.2 Å². The molecule has 0 radical (unpaired) electrons. The Bertz CT molecular complexity index is 374. The molecule has 1 N–H and O–H groups in total. The van der Waals surface area contributed by atoms with Crippen molar-refractivity contribution in [3.8, 4) is 0 Å². The number of nitrogens with zero attached hydrogens (tertiary/aromatic N) is 2. The molecule has 3 rings (SSSR count). The summed E-state index contributed by atoms with van der Waals surface area (Å²) in [7, 11) is 0. The van der Waals surface area contributed by atoms with Crippen LogP contribution in [0.2, 0.25) is 0 Å². The van der Waals surface area contributed by atoms with Crippen LogP contribution in [-0.4, -0.2) is 16.7 Å². The molecule has 4 nitrogen and oxygen atoms in total. The Morgan fingerprint density at radius 2 is 1.47 bits per heavy atom. The fraction of sp³-hybridized carbons (Fsp3) is 0.867. The first-order valence-electron chi connectivity index (χ1n) is 8.00. The fourth-order valence-corrected chi connectivity index (χ4v) is 3.33. The summed E-state index contributed by atoms with van der Waals surface area (Å²) in [5.41, 5.74) is 0. The van der Waals surface area contributed by atoms with E-state index in [1.807, 2.05) is 0 Å². The van der Waals surface area contributed by atoms with Crippen molar-refractivity contribution in [3.63, 3.8) is 0 Å². The molecule has 0 bridgehead atoms. The Kier molecular flexibility index (Phi) is 4.49. The van der Waals surface area contributed by atoms with Gasteiger partial charge in [-0.15, -0.1) is 10.2 Å². The molecule has 0 aromatic carbocycles. The molecule has 4 heteroatoms. The lowest BCUT2D eigenvalue weighted by Gasteiger charge is -2.11. The number of nitrogens with one attached hydrogen (secondary N) is 1. The van der Waals surface area contributed by atoms with Crippen molar-refractivity contribution < 1.29 is 4.42 Å². The minimum Gasteiger partial charge on any atom is -0.423 e. The fourth-order valence-electron chi connectivity index (χ4n) is 3.33. The van der Waals surface area contributed by atoms with Crippen molar-refractivity contribution in [1.82, 2.24) is 15.5 Å². The van der Waals surface area contributed by atoms with E-state index in [2.05, 4.69) is 15.5 Å². The van der Waals surface area contributed by atoms with Gasteiger partial charge in [0.15, 0.2) is 0 Å². The lowest BCUT2D eigenvalue weighted by molar-refractivity contribution is 0.360. The van der Waals surface area contributed by atoms with E-state index in [0.29, 0.717) is 12.0 Å². The Labute approximate surface area is 115 Å². The molecule has 0 spiro atoms. The first-order chi connectivity index (χ1) is 9.43. The zero-order valence-electron chi connectivity index (χ0n) is 11.7. The molecule has 106 valence electrons. The summed E-state index contributed by atoms with van der Waals surface area (Å²) in [4.78, 5) is 0. The molecule has 1 aliphatic carbocycles. The second kappa shape index (κ2) is 6.51. The molecular formula is C15H25N3O. The van der Waals surface area contributed by atoms with Crippen LogP contribution >= 0.6 is 0 Å². The molecule has 1 saturated heterocycles. The molecule has 0 amide bonds. The van der Waals surface area contributed by atoms with Gasteiger partial charge in [-0.25, -0.2) is 0 Å². The zero-order valence-corrected chi connectivity index (χ0v) is 11.7. The first kappa shape index (κ1) is 13.1. The Balaban J connectivity index is 1.65. The average molecular weight is 263 g/mol. The van der Waals surface area contributed by atoms with Gasteiger partial charge in [-0.2, -0.15) is 0 Å². The van der Waals surface area contributed by atoms with Crippen LogP contribution in [0.25, 0.3) is 0 Å². The van der Waals surface area contributed by atoms with E-state index >= 15 is 0 Å². The van der Waals surface area contributed by atoms with Crippen molar-refractivity contribution in [1.29, 1.82) is 0 Å². The Morgan fingerprint density at radius 1 is 0.789 bits per heavy atom. The van der Waals surface area contributed by atoms with Crippen LogP contribution in [-0.2, 0) is 0 Å².